The van der Waals surface area contributed by atoms with Gasteiger partial charge in [-0.1, -0.05) is 6.07 Å². The van der Waals surface area contributed by atoms with Crippen LogP contribution in [0.3, 0.4) is 0 Å². The molecule has 0 bridgehead atoms. The number of hydrogen-bond donors (Lipinski definition) is 1. The van der Waals surface area contributed by atoms with Crippen molar-refractivity contribution in [1.29, 1.82) is 0 Å². The summed E-state index contributed by atoms with van der Waals surface area (Å²) in [5, 5.41) is 8.41. The van der Waals surface area contributed by atoms with E-state index in [1.807, 2.05) is 26.0 Å². The number of carboxylic acid groups (broad SMARTS) is 1. The van der Waals surface area contributed by atoms with Crippen LogP contribution >= 0.6 is 11.8 Å². The summed E-state index contributed by atoms with van der Waals surface area (Å²) in [4.78, 5) is 11.7. The summed E-state index contributed by atoms with van der Waals surface area (Å²) in [6.45, 7) is 5.63. The molecule has 0 heterocycles. The number of thioether (sulfide) groups is 1. The van der Waals surface area contributed by atoms with Crippen molar-refractivity contribution in [1.82, 2.24) is 0 Å². The van der Waals surface area contributed by atoms with Gasteiger partial charge in [-0.05, 0) is 38.0 Å². The fraction of sp³-hybridized carbons (Fsp3) is 0.417. The molecule has 0 amide bonds. The Morgan fingerprint density at radius 1 is 1.44 bits per heavy atom. The maximum absolute atomic E-state index is 10.8. The van der Waals surface area contributed by atoms with Gasteiger partial charge in [-0.15, -0.1) is 11.8 Å². The molecule has 0 aliphatic carbocycles. The van der Waals surface area contributed by atoms with Gasteiger partial charge in [0.2, 0.25) is 0 Å². The highest BCUT2D eigenvalue weighted by atomic mass is 32.2. The second-order valence-electron chi connectivity index (χ2n) is 3.71. The molecule has 0 spiro atoms. The number of rotatable bonds is 4. The zero-order valence-electron chi connectivity index (χ0n) is 9.90. The molecule has 0 saturated heterocycles. The number of methoxy groups -OCH3 is 1. The van der Waals surface area contributed by atoms with E-state index in [9.17, 15) is 4.79 Å². The highest BCUT2D eigenvalue weighted by molar-refractivity contribution is 8.00. The molecule has 1 rings (SSSR count). The van der Waals surface area contributed by atoms with Crippen LogP contribution in [0.4, 0.5) is 0 Å². The van der Waals surface area contributed by atoms with Gasteiger partial charge in [0.15, 0.2) is 0 Å². The van der Waals surface area contributed by atoms with E-state index in [4.69, 9.17) is 9.84 Å². The third-order valence-electron chi connectivity index (χ3n) is 2.25. The predicted octanol–water partition coefficient (Wildman–Crippen LogP) is 2.88. The van der Waals surface area contributed by atoms with Crippen LogP contribution in [0.1, 0.15) is 18.1 Å². The first kappa shape index (κ1) is 12.9. The number of benzene rings is 1. The number of aryl methyl sites for hydroxylation is 2. The standard InChI is InChI=1S/C12H16O3S/c1-7-5-8(2)11(10(6-7)15-4)16-9(3)12(13)14/h5-6,9H,1-4H3,(H,13,14). The number of hydrogen-bond acceptors (Lipinski definition) is 3. The van der Waals surface area contributed by atoms with Gasteiger partial charge in [-0.2, -0.15) is 0 Å². The van der Waals surface area contributed by atoms with Crippen molar-refractivity contribution in [2.75, 3.05) is 7.11 Å². The fourth-order valence-corrected chi connectivity index (χ4v) is 2.40. The van der Waals surface area contributed by atoms with E-state index in [0.717, 1.165) is 21.8 Å². The molecule has 1 aromatic carbocycles. The van der Waals surface area contributed by atoms with Crippen LogP contribution in [0.2, 0.25) is 0 Å². The molecule has 0 aliphatic rings. The molecule has 1 unspecified atom stereocenters. The third-order valence-corrected chi connectivity index (χ3v) is 3.56. The van der Waals surface area contributed by atoms with Gasteiger partial charge in [-0.25, -0.2) is 0 Å². The minimum atomic E-state index is -0.813. The maximum Gasteiger partial charge on any atom is 0.316 e. The SMILES string of the molecule is COc1cc(C)cc(C)c1SC(C)C(=O)O. The van der Waals surface area contributed by atoms with Gasteiger partial charge in [0, 0.05) is 0 Å². The Kier molecular flexibility index (Phi) is 4.24. The van der Waals surface area contributed by atoms with Crippen molar-refractivity contribution in [2.45, 2.75) is 30.9 Å². The first-order valence-corrected chi connectivity index (χ1v) is 5.88. The van der Waals surface area contributed by atoms with Gasteiger partial charge < -0.3 is 9.84 Å². The smallest absolute Gasteiger partial charge is 0.316 e. The molecule has 0 radical (unpaired) electrons. The Labute approximate surface area is 99.8 Å². The summed E-state index contributed by atoms with van der Waals surface area (Å²) in [5.41, 5.74) is 2.16. The molecule has 0 aromatic heterocycles. The summed E-state index contributed by atoms with van der Waals surface area (Å²) in [7, 11) is 1.60. The van der Waals surface area contributed by atoms with Crippen molar-refractivity contribution >= 4 is 17.7 Å². The Morgan fingerprint density at radius 2 is 2.06 bits per heavy atom. The summed E-state index contributed by atoms with van der Waals surface area (Å²) < 4.78 is 5.27. The number of ether oxygens (including phenoxy) is 1. The monoisotopic (exact) mass is 240 g/mol. The topological polar surface area (TPSA) is 46.5 Å². The second-order valence-corrected chi connectivity index (χ2v) is 5.06. The molecule has 1 aromatic rings. The Morgan fingerprint density at radius 3 is 2.56 bits per heavy atom. The van der Waals surface area contributed by atoms with E-state index in [2.05, 4.69) is 0 Å². The largest absolute Gasteiger partial charge is 0.496 e. The van der Waals surface area contributed by atoms with Crippen LogP contribution in [0.25, 0.3) is 0 Å². The van der Waals surface area contributed by atoms with Crippen LogP contribution in [-0.4, -0.2) is 23.4 Å². The lowest BCUT2D eigenvalue weighted by molar-refractivity contribution is -0.136. The molecule has 0 aliphatic heterocycles. The van der Waals surface area contributed by atoms with Crippen LogP contribution in [0.15, 0.2) is 17.0 Å². The van der Waals surface area contributed by atoms with Gasteiger partial charge in [0.25, 0.3) is 0 Å². The molecule has 88 valence electrons. The summed E-state index contributed by atoms with van der Waals surface area (Å²) in [6, 6.07) is 3.95. The van der Waals surface area contributed by atoms with Gasteiger partial charge in [0.05, 0.1) is 12.0 Å². The molecule has 4 heteroatoms. The normalized spacial score (nSPS) is 12.2. The van der Waals surface area contributed by atoms with E-state index >= 15 is 0 Å². The summed E-state index contributed by atoms with van der Waals surface area (Å²) >= 11 is 1.31. The second kappa shape index (κ2) is 5.25. The van der Waals surface area contributed by atoms with Crippen LogP contribution in [-0.2, 0) is 4.79 Å². The van der Waals surface area contributed by atoms with Gasteiger partial charge >= 0.3 is 5.97 Å². The lowest BCUT2D eigenvalue weighted by Crippen LogP contribution is -2.11. The first-order chi connectivity index (χ1) is 7.45. The Balaban J connectivity index is 3.07. The molecule has 1 atom stereocenters. The molecule has 16 heavy (non-hydrogen) atoms. The minimum Gasteiger partial charge on any atom is -0.496 e. The van der Waals surface area contributed by atoms with Gasteiger partial charge in [0.1, 0.15) is 11.0 Å². The van der Waals surface area contributed by atoms with E-state index in [0.29, 0.717) is 0 Å². The Bertz CT molecular complexity index is 401. The predicted molar refractivity (Wildman–Crippen MR) is 65.4 cm³/mol. The maximum atomic E-state index is 10.8. The van der Waals surface area contributed by atoms with E-state index in [1.54, 1.807) is 14.0 Å². The molecule has 3 nitrogen and oxygen atoms in total. The van der Waals surface area contributed by atoms with Crippen molar-refractivity contribution in [3.8, 4) is 5.75 Å². The fourth-order valence-electron chi connectivity index (χ4n) is 1.45. The summed E-state index contributed by atoms with van der Waals surface area (Å²) in [6.07, 6.45) is 0. The van der Waals surface area contributed by atoms with Crippen molar-refractivity contribution in [2.24, 2.45) is 0 Å². The van der Waals surface area contributed by atoms with Gasteiger partial charge in [-0.3, -0.25) is 4.79 Å². The molecular formula is C12H16O3S. The number of carboxylic acids is 1. The number of aliphatic carboxylic acids is 1. The van der Waals surface area contributed by atoms with Crippen LogP contribution in [0.5, 0.6) is 5.75 Å². The highest BCUT2D eigenvalue weighted by Crippen LogP contribution is 2.36. The zero-order valence-corrected chi connectivity index (χ0v) is 10.7. The first-order valence-electron chi connectivity index (χ1n) is 5.00. The van der Waals surface area contributed by atoms with E-state index < -0.39 is 11.2 Å². The van der Waals surface area contributed by atoms with Crippen molar-refractivity contribution in [3.05, 3.63) is 23.3 Å². The minimum absolute atomic E-state index is 0.477. The van der Waals surface area contributed by atoms with Crippen molar-refractivity contribution in [3.63, 3.8) is 0 Å². The Hall–Kier alpha value is -1.16. The van der Waals surface area contributed by atoms with Crippen molar-refractivity contribution < 1.29 is 14.6 Å². The van der Waals surface area contributed by atoms with E-state index in [1.165, 1.54) is 11.8 Å². The lowest BCUT2D eigenvalue weighted by atomic mass is 10.1. The number of carbonyl (C=O) groups is 1. The zero-order chi connectivity index (χ0) is 12.3. The summed E-state index contributed by atoms with van der Waals surface area (Å²) in [5.74, 6) is -0.0670. The molecule has 1 N–H and O–H groups in total. The average molecular weight is 240 g/mol. The van der Waals surface area contributed by atoms with Crippen LogP contribution in [0, 0.1) is 13.8 Å². The molecule has 0 fully saturated rings. The quantitative estimate of drug-likeness (QED) is 0.822. The van der Waals surface area contributed by atoms with Crippen LogP contribution < -0.4 is 4.74 Å². The van der Waals surface area contributed by atoms with E-state index in [-0.39, 0.29) is 0 Å². The molecule has 0 saturated carbocycles. The average Bonchev–Trinajstić information content (AvgIpc) is 2.21. The lowest BCUT2D eigenvalue weighted by Gasteiger charge is -2.14. The third kappa shape index (κ3) is 2.92. The molecular weight excluding hydrogens is 224 g/mol. The highest BCUT2D eigenvalue weighted by Gasteiger charge is 2.17.